The van der Waals surface area contributed by atoms with Gasteiger partial charge in [-0.25, -0.2) is 4.99 Å². The lowest BCUT2D eigenvalue weighted by molar-refractivity contribution is -0.308. The Morgan fingerprint density at radius 2 is 1.97 bits per heavy atom. The van der Waals surface area contributed by atoms with Crippen LogP contribution in [-0.4, -0.2) is 108 Å². The van der Waals surface area contributed by atoms with Gasteiger partial charge in [0.15, 0.2) is 12.2 Å². The maximum Gasteiger partial charge on any atom is 0.222 e. The van der Waals surface area contributed by atoms with E-state index in [0.717, 1.165) is 6.29 Å². The second-order valence-electron chi connectivity index (χ2n) is 9.77. The number of ether oxygens (including phenoxy) is 4. The minimum Gasteiger partial charge on any atom is -0.466 e. The molecule has 3 rings (SSSR count). The number of aliphatic imine (C=N–C) groups is 1. The maximum absolute atomic E-state index is 11.4. The van der Waals surface area contributed by atoms with Crippen molar-refractivity contribution in [2.45, 2.75) is 86.9 Å². The van der Waals surface area contributed by atoms with Gasteiger partial charge in [0.25, 0.3) is 0 Å². The third-order valence-electron chi connectivity index (χ3n) is 6.94. The van der Waals surface area contributed by atoms with Gasteiger partial charge in [-0.15, -0.1) is 0 Å². The number of nitrogens with two attached hydrogens (primary N) is 4. The molecule has 2 aliphatic heterocycles. The van der Waals surface area contributed by atoms with Gasteiger partial charge < -0.3 is 67.3 Å². The van der Waals surface area contributed by atoms with Crippen LogP contribution in [0.1, 0.15) is 26.2 Å². The molecule has 1 saturated heterocycles. The topological polar surface area (TPSA) is 243 Å². The van der Waals surface area contributed by atoms with E-state index in [2.05, 4.69) is 10.3 Å². The Hall–Kier alpha value is -1.88. The summed E-state index contributed by atoms with van der Waals surface area (Å²) < 4.78 is 23.6. The molecule has 14 nitrogen and oxygen atoms in total. The molecule has 0 radical (unpaired) electrons. The number of carbonyl (C=O) groups excluding carboxylic acids is 1. The molecule has 0 aromatic heterocycles. The highest BCUT2D eigenvalue weighted by Gasteiger charge is 2.51. The highest BCUT2D eigenvalue weighted by Crippen LogP contribution is 2.35. The van der Waals surface area contributed by atoms with Gasteiger partial charge in [0.2, 0.25) is 6.29 Å². The van der Waals surface area contributed by atoms with Crippen molar-refractivity contribution in [3.8, 4) is 0 Å². The predicted octanol–water partition coefficient (Wildman–Crippen LogP) is -3.66. The average Bonchev–Trinajstić information content (AvgIpc) is 2.81. The van der Waals surface area contributed by atoms with Crippen molar-refractivity contribution in [1.82, 2.24) is 5.32 Å². The molecule has 206 valence electrons. The Kier molecular flexibility index (Phi) is 9.65. The van der Waals surface area contributed by atoms with Crippen molar-refractivity contribution in [2.75, 3.05) is 20.2 Å². The summed E-state index contributed by atoms with van der Waals surface area (Å²) in [6, 6.07) is -2.03. The molecule has 0 aromatic carbocycles. The van der Waals surface area contributed by atoms with Gasteiger partial charge in [0.05, 0.1) is 25.3 Å². The molecule has 1 aliphatic carbocycles. The first-order valence-electron chi connectivity index (χ1n) is 12.0. The molecule has 12 N–H and O–H groups in total. The quantitative estimate of drug-likeness (QED) is 0.0837. The largest absolute Gasteiger partial charge is 0.466 e. The molecule has 3 aliphatic rings. The monoisotopic (exact) mass is 516 g/mol. The van der Waals surface area contributed by atoms with E-state index < -0.39 is 66.6 Å². The minimum absolute atomic E-state index is 0.0642. The van der Waals surface area contributed by atoms with Crippen LogP contribution in [0.3, 0.4) is 0 Å². The highest BCUT2D eigenvalue weighted by atomic mass is 16.7. The van der Waals surface area contributed by atoms with Crippen LogP contribution in [0, 0.1) is 5.92 Å². The second kappa shape index (κ2) is 12.1. The molecule has 2 fully saturated rings. The number of hydrogen-bond acceptors (Lipinski definition) is 12. The van der Waals surface area contributed by atoms with Crippen LogP contribution >= 0.6 is 0 Å². The van der Waals surface area contributed by atoms with Gasteiger partial charge in [0, 0.05) is 12.5 Å². The Balaban J connectivity index is 1.81. The maximum atomic E-state index is 11.4. The van der Waals surface area contributed by atoms with E-state index in [4.69, 9.17) is 41.9 Å². The molecule has 11 atom stereocenters. The van der Waals surface area contributed by atoms with Gasteiger partial charge in [-0.1, -0.05) is 0 Å². The number of aliphatic hydroxyl groups excluding tert-OH is 2. The zero-order chi connectivity index (χ0) is 26.6. The van der Waals surface area contributed by atoms with Gasteiger partial charge >= 0.3 is 0 Å². The van der Waals surface area contributed by atoms with E-state index in [-0.39, 0.29) is 32.0 Å². The summed E-state index contributed by atoms with van der Waals surface area (Å²) in [6.45, 7) is 1.54. The first kappa shape index (κ1) is 28.7. The number of rotatable bonds is 9. The van der Waals surface area contributed by atoms with E-state index in [1.165, 1.54) is 6.92 Å². The van der Waals surface area contributed by atoms with Crippen LogP contribution in [-0.2, 0) is 23.7 Å². The normalized spacial score (nSPS) is 43.2. The molecule has 0 bridgehead atoms. The number of guanidine groups is 1. The van der Waals surface area contributed by atoms with E-state index in [1.54, 1.807) is 13.1 Å². The lowest BCUT2D eigenvalue weighted by Gasteiger charge is -2.48. The molecule has 14 heteroatoms. The molecule has 0 spiro atoms. The van der Waals surface area contributed by atoms with Crippen LogP contribution in [0.25, 0.3) is 0 Å². The number of nitrogens with one attached hydrogen (secondary N) is 1. The number of carbonyl (C=O) groups is 1. The fourth-order valence-electron chi connectivity index (χ4n) is 5.13. The van der Waals surface area contributed by atoms with E-state index in [9.17, 15) is 20.1 Å². The third-order valence-corrected chi connectivity index (χ3v) is 6.94. The summed E-state index contributed by atoms with van der Waals surface area (Å²) >= 11 is 0. The van der Waals surface area contributed by atoms with Gasteiger partial charge in [-0.2, -0.15) is 0 Å². The molecular formula is C22H40N6O8. The van der Waals surface area contributed by atoms with Gasteiger partial charge in [-0.3, -0.25) is 0 Å². The SMILES string of the molecule is CN[C@@H]1[C@@H](O)[C@@H](O[C@H]2[C@H](CC=O)C[C@H](N)C(O[C@H]3OC(CN)=CC[C@H]3N=C(N)N)[C@@H]2O)OC[C@]1(C)O. The molecule has 1 unspecified atom stereocenters. The third kappa shape index (κ3) is 6.33. The predicted molar refractivity (Wildman–Crippen MR) is 128 cm³/mol. The average molecular weight is 517 g/mol. The number of hydrogen-bond donors (Lipinski definition) is 8. The standard InChI is InChI=1S/C22H40N6O8/c1-22(32)9-33-20(15(31)18(22)27-2)35-16-10(5-6-29)7-12(24)17(14(16)30)36-19-13(28-21(25)26)4-3-11(8-23)34-19/h3,6,10,12-20,27,30-32H,4-5,7-9,23-24H2,1-2H3,(H4,25,26,28)/t10-,12+,13-,14-,15-,16+,17?,18-,19-,20-,22+/m1/s1. The van der Waals surface area contributed by atoms with Crippen LogP contribution in [0.4, 0.5) is 0 Å². The van der Waals surface area contributed by atoms with E-state index >= 15 is 0 Å². The lowest BCUT2D eigenvalue weighted by atomic mass is 9.78. The summed E-state index contributed by atoms with van der Waals surface area (Å²) in [5, 5.41) is 35.5. The Morgan fingerprint density at radius 1 is 1.28 bits per heavy atom. The summed E-state index contributed by atoms with van der Waals surface area (Å²) in [5.74, 6) is -0.142. The summed E-state index contributed by atoms with van der Waals surface area (Å²) in [4.78, 5) is 15.5. The van der Waals surface area contributed by atoms with Crippen molar-refractivity contribution in [3.63, 3.8) is 0 Å². The zero-order valence-electron chi connectivity index (χ0n) is 20.6. The highest BCUT2D eigenvalue weighted by molar-refractivity contribution is 5.75. The summed E-state index contributed by atoms with van der Waals surface area (Å²) in [5.41, 5.74) is 21.8. The Morgan fingerprint density at radius 3 is 2.58 bits per heavy atom. The number of nitrogens with zero attached hydrogens (tertiary/aromatic N) is 1. The molecule has 0 aromatic rings. The first-order chi connectivity index (χ1) is 17.0. The van der Waals surface area contributed by atoms with Gasteiger partial charge in [-0.05, 0) is 38.8 Å². The molecule has 0 amide bonds. The fraction of sp³-hybridized carbons (Fsp3) is 0.818. The summed E-state index contributed by atoms with van der Waals surface area (Å²) in [6.07, 6.45) is -3.49. The molecule has 1 saturated carbocycles. The van der Waals surface area contributed by atoms with Crippen molar-refractivity contribution < 1.29 is 39.1 Å². The van der Waals surface area contributed by atoms with E-state index in [0.29, 0.717) is 12.2 Å². The minimum atomic E-state index is -1.34. The molecule has 2 heterocycles. The number of aliphatic hydroxyl groups is 3. The zero-order valence-corrected chi connectivity index (χ0v) is 20.6. The van der Waals surface area contributed by atoms with Crippen LogP contribution in [0.5, 0.6) is 0 Å². The van der Waals surface area contributed by atoms with Crippen molar-refractivity contribution in [2.24, 2.45) is 33.8 Å². The Bertz CT molecular complexity index is 809. The molecular weight excluding hydrogens is 476 g/mol. The first-order valence-corrected chi connectivity index (χ1v) is 12.0. The van der Waals surface area contributed by atoms with Crippen molar-refractivity contribution >= 4 is 12.2 Å². The van der Waals surface area contributed by atoms with Crippen molar-refractivity contribution in [1.29, 1.82) is 0 Å². The number of aldehydes is 1. The van der Waals surface area contributed by atoms with Crippen LogP contribution in [0.15, 0.2) is 16.8 Å². The van der Waals surface area contributed by atoms with Gasteiger partial charge in [0.1, 0.15) is 42.0 Å². The number of likely N-dealkylation sites (N-methyl/N-ethyl adjacent to an activating group) is 1. The Labute approximate surface area is 209 Å². The van der Waals surface area contributed by atoms with Crippen LogP contribution in [0.2, 0.25) is 0 Å². The fourth-order valence-corrected chi connectivity index (χ4v) is 5.13. The molecule has 36 heavy (non-hydrogen) atoms. The smallest absolute Gasteiger partial charge is 0.222 e. The second-order valence-corrected chi connectivity index (χ2v) is 9.77. The van der Waals surface area contributed by atoms with Crippen LogP contribution < -0.4 is 28.3 Å². The van der Waals surface area contributed by atoms with E-state index in [1.807, 2.05) is 0 Å². The lowest BCUT2D eigenvalue weighted by Crippen LogP contribution is -2.67. The van der Waals surface area contributed by atoms with Crippen molar-refractivity contribution in [3.05, 3.63) is 11.8 Å². The summed E-state index contributed by atoms with van der Waals surface area (Å²) in [7, 11) is 1.60.